The first-order valence-electron chi connectivity index (χ1n) is 6.48. The first-order chi connectivity index (χ1) is 9.10. The minimum Gasteiger partial charge on any atom is -0.380 e. The van der Waals surface area contributed by atoms with Gasteiger partial charge in [-0.2, -0.15) is 0 Å². The van der Waals surface area contributed by atoms with Crippen molar-refractivity contribution < 1.29 is 13.5 Å². The van der Waals surface area contributed by atoms with Gasteiger partial charge in [-0.05, 0) is 13.3 Å². The maximum Gasteiger partial charge on any atom is 0.168 e. The van der Waals surface area contributed by atoms with Crippen LogP contribution in [0.1, 0.15) is 20.3 Å². The Bertz CT molecular complexity index is 402. The Morgan fingerprint density at radius 2 is 2.05 bits per heavy atom. The van der Waals surface area contributed by atoms with Crippen molar-refractivity contribution in [3.63, 3.8) is 0 Å². The van der Waals surface area contributed by atoms with Crippen LogP contribution in [0, 0.1) is 11.6 Å². The number of anilines is 2. The third kappa shape index (κ3) is 4.63. The van der Waals surface area contributed by atoms with E-state index in [4.69, 9.17) is 4.74 Å². The second-order valence-corrected chi connectivity index (χ2v) is 4.17. The molecule has 19 heavy (non-hydrogen) atoms. The van der Waals surface area contributed by atoms with Crippen LogP contribution in [0.5, 0.6) is 0 Å². The fourth-order valence-corrected chi connectivity index (χ4v) is 1.54. The van der Waals surface area contributed by atoms with Gasteiger partial charge in [0.15, 0.2) is 23.3 Å². The smallest absolute Gasteiger partial charge is 0.168 e. The zero-order valence-electron chi connectivity index (χ0n) is 11.7. The van der Waals surface area contributed by atoms with E-state index in [1.165, 1.54) is 0 Å². The molecule has 6 heteroatoms. The Balaban J connectivity index is 2.80. The van der Waals surface area contributed by atoms with Gasteiger partial charge in [-0.3, -0.25) is 0 Å². The number of pyridine rings is 1. The molecule has 108 valence electrons. The molecule has 0 aliphatic rings. The molecule has 0 spiro atoms. The van der Waals surface area contributed by atoms with Gasteiger partial charge < -0.3 is 15.0 Å². The average Bonchev–Trinajstić information content (AvgIpc) is 2.38. The van der Waals surface area contributed by atoms with E-state index in [9.17, 15) is 8.78 Å². The summed E-state index contributed by atoms with van der Waals surface area (Å²) in [4.78, 5) is 5.61. The first-order valence-corrected chi connectivity index (χ1v) is 6.48. The van der Waals surface area contributed by atoms with Crippen molar-refractivity contribution >= 4 is 11.6 Å². The highest BCUT2D eigenvalue weighted by molar-refractivity contribution is 5.48. The monoisotopic (exact) mass is 273 g/mol. The Morgan fingerprint density at radius 3 is 2.68 bits per heavy atom. The summed E-state index contributed by atoms with van der Waals surface area (Å²) in [5, 5.41) is 2.84. The summed E-state index contributed by atoms with van der Waals surface area (Å²) in [7, 11) is 1.70. The van der Waals surface area contributed by atoms with Crippen LogP contribution in [0.25, 0.3) is 0 Å². The van der Waals surface area contributed by atoms with Gasteiger partial charge >= 0.3 is 0 Å². The second kappa shape index (κ2) is 7.89. The lowest BCUT2D eigenvalue weighted by molar-refractivity contribution is 0.154. The van der Waals surface area contributed by atoms with Gasteiger partial charge in [0.1, 0.15) is 0 Å². The molecule has 0 amide bonds. The number of rotatable bonds is 8. The standard InChI is InChI=1S/C13H21F2N3O/c1-4-6-16-12-10(14)9-11(15)13(17-12)18(3)7-8-19-5-2/h9H,4-8H2,1-3H3,(H,16,17). The number of aromatic nitrogens is 1. The van der Waals surface area contributed by atoms with Crippen molar-refractivity contribution in [3.8, 4) is 0 Å². The summed E-state index contributed by atoms with van der Waals surface area (Å²) in [5.74, 6) is -1.13. The van der Waals surface area contributed by atoms with Crippen LogP contribution in [-0.4, -0.2) is 38.3 Å². The average molecular weight is 273 g/mol. The molecular formula is C13H21F2N3O. The molecule has 0 saturated heterocycles. The van der Waals surface area contributed by atoms with Crippen LogP contribution >= 0.6 is 0 Å². The lowest BCUT2D eigenvalue weighted by Gasteiger charge is -2.19. The molecule has 0 radical (unpaired) electrons. The minimum absolute atomic E-state index is 0.0847. The van der Waals surface area contributed by atoms with Crippen molar-refractivity contribution in [2.75, 3.05) is 43.6 Å². The summed E-state index contributed by atoms with van der Waals surface area (Å²) in [6.45, 7) is 6.03. The highest BCUT2D eigenvalue weighted by Gasteiger charge is 2.14. The van der Waals surface area contributed by atoms with Gasteiger partial charge in [-0.15, -0.1) is 0 Å². The van der Waals surface area contributed by atoms with Crippen LogP contribution in [0.2, 0.25) is 0 Å². The van der Waals surface area contributed by atoms with Crippen LogP contribution in [-0.2, 0) is 4.74 Å². The summed E-state index contributed by atoms with van der Waals surface area (Å²) in [6.07, 6.45) is 0.841. The second-order valence-electron chi connectivity index (χ2n) is 4.17. The fraction of sp³-hybridized carbons (Fsp3) is 0.615. The number of nitrogens with zero attached hydrogens (tertiary/aromatic N) is 2. The lowest BCUT2D eigenvalue weighted by Crippen LogP contribution is -2.25. The van der Waals surface area contributed by atoms with Crippen molar-refractivity contribution in [3.05, 3.63) is 17.7 Å². The van der Waals surface area contributed by atoms with Crippen LogP contribution in [0.3, 0.4) is 0 Å². The third-order valence-corrected chi connectivity index (χ3v) is 2.59. The van der Waals surface area contributed by atoms with E-state index in [2.05, 4.69) is 10.3 Å². The van der Waals surface area contributed by atoms with Crippen molar-refractivity contribution in [2.24, 2.45) is 0 Å². The Kier molecular flexibility index (Phi) is 6.49. The number of likely N-dealkylation sites (N-methyl/N-ethyl adjacent to an activating group) is 1. The lowest BCUT2D eigenvalue weighted by atomic mass is 10.3. The van der Waals surface area contributed by atoms with Gasteiger partial charge in [0.05, 0.1) is 6.61 Å². The zero-order valence-corrected chi connectivity index (χ0v) is 11.7. The van der Waals surface area contributed by atoms with E-state index < -0.39 is 11.6 Å². The fourth-order valence-electron chi connectivity index (χ4n) is 1.54. The number of nitrogens with one attached hydrogen (secondary N) is 1. The van der Waals surface area contributed by atoms with E-state index in [1.807, 2.05) is 13.8 Å². The van der Waals surface area contributed by atoms with E-state index in [0.717, 1.165) is 12.5 Å². The van der Waals surface area contributed by atoms with Crippen molar-refractivity contribution in [1.82, 2.24) is 4.98 Å². The number of halogens is 2. The number of ether oxygens (including phenoxy) is 1. The number of hydrogen-bond acceptors (Lipinski definition) is 4. The normalized spacial score (nSPS) is 10.6. The highest BCUT2D eigenvalue weighted by atomic mass is 19.1. The van der Waals surface area contributed by atoms with Crippen LogP contribution in [0.4, 0.5) is 20.4 Å². The molecule has 1 aromatic rings. The molecule has 1 N–H and O–H groups in total. The largest absolute Gasteiger partial charge is 0.380 e. The number of hydrogen-bond donors (Lipinski definition) is 1. The van der Waals surface area contributed by atoms with Gasteiger partial charge in [-0.25, -0.2) is 13.8 Å². The highest BCUT2D eigenvalue weighted by Crippen LogP contribution is 2.21. The summed E-state index contributed by atoms with van der Waals surface area (Å²) >= 11 is 0. The first kappa shape index (κ1) is 15.6. The third-order valence-electron chi connectivity index (χ3n) is 2.59. The molecule has 0 saturated carbocycles. The zero-order chi connectivity index (χ0) is 14.3. The molecular weight excluding hydrogens is 252 g/mol. The molecule has 0 atom stereocenters. The predicted octanol–water partition coefficient (Wildman–Crippen LogP) is 2.65. The van der Waals surface area contributed by atoms with Crippen molar-refractivity contribution in [2.45, 2.75) is 20.3 Å². The quantitative estimate of drug-likeness (QED) is 0.739. The van der Waals surface area contributed by atoms with Gasteiger partial charge in [-0.1, -0.05) is 6.92 Å². The molecule has 0 bridgehead atoms. The molecule has 0 fully saturated rings. The van der Waals surface area contributed by atoms with Crippen molar-refractivity contribution in [1.29, 1.82) is 0 Å². The van der Waals surface area contributed by atoms with Crippen LogP contribution in [0.15, 0.2) is 6.07 Å². The molecule has 0 aliphatic heterocycles. The topological polar surface area (TPSA) is 37.4 Å². The molecule has 0 aromatic carbocycles. The summed E-state index contributed by atoms with van der Waals surface area (Å²) < 4.78 is 32.4. The molecule has 1 aromatic heterocycles. The van der Waals surface area contributed by atoms with Crippen LogP contribution < -0.4 is 10.2 Å². The van der Waals surface area contributed by atoms with E-state index in [0.29, 0.717) is 26.3 Å². The Hall–Kier alpha value is -1.43. The van der Waals surface area contributed by atoms with Gasteiger partial charge in [0, 0.05) is 32.8 Å². The molecule has 1 heterocycles. The van der Waals surface area contributed by atoms with Gasteiger partial charge in [0.2, 0.25) is 0 Å². The predicted molar refractivity (Wildman–Crippen MR) is 72.7 cm³/mol. The van der Waals surface area contributed by atoms with Gasteiger partial charge in [0.25, 0.3) is 0 Å². The van der Waals surface area contributed by atoms with E-state index in [1.54, 1.807) is 11.9 Å². The summed E-state index contributed by atoms with van der Waals surface area (Å²) in [6, 6.07) is 0.859. The molecule has 1 rings (SSSR count). The SMILES string of the molecule is CCCNc1nc(N(C)CCOCC)c(F)cc1F. The molecule has 4 nitrogen and oxygen atoms in total. The molecule has 0 aliphatic carbocycles. The maximum atomic E-state index is 13.7. The molecule has 0 unspecified atom stereocenters. The maximum absolute atomic E-state index is 13.7. The summed E-state index contributed by atoms with van der Waals surface area (Å²) in [5.41, 5.74) is 0. The minimum atomic E-state index is -0.673. The van der Waals surface area contributed by atoms with E-state index >= 15 is 0 Å². The van der Waals surface area contributed by atoms with E-state index in [-0.39, 0.29) is 11.6 Å². The Morgan fingerprint density at radius 1 is 1.32 bits per heavy atom. The Labute approximate surface area is 112 Å².